The molecular formula is C11H16F4O4. The molecule has 112 valence electrons. The number of carbonyl (C=O) groups is 2. The van der Waals surface area contributed by atoms with Crippen molar-refractivity contribution >= 4 is 11.8 Å². The van der Waals surface area contributed by atoms with Crippen molar-refractivity contribution in [3.63, 3.8) is 0 Å². The zero-order valence-corrected chi connectivity index (χ0v) is 10.6. The molecule has 8 heteroatoms. The molecule has 4 nitrogen and oxygen atoms in total. The Hall–Kier alpha value is -1.18. The predicted molar refractivity (Wildman–Crippen MR) is 57.2 cm³/mol. The number of carbonyl (C=O) groups excluding carboxylic acids is 2. The summed E-state index contributed by atoms with van der Waals surface area (Å²) in [5.74, 6) is -6.99. The smallest absolute Gasteiger partial charge is 0.330 e. The van der Waals surface area contributed by atoms with Crippen LogP contribution in [0.2, 0.25) is 0 Å². The molecule has 0 aliphatic carbocycles. The molecule has 0 heterocycles. The number of alkyl halides is 4. The van der Waals surface area contributed by atoms with Crippen LogP contribution in [0.5, 0.6) is 0 Å². The molecule has 0 aliphatic heterocycles. The monoisotopic (exact) mass is 288 g/mol. The molecule has 0 aromatic heterocycles. The van der Waals surface area contributed by atoms with Crippen LogP contribution in [-0.4, -0.2) is 43.9 Å². The molecule has 0 aromatic carbocycles. The van der Waals surface area contributed by atoms with E-state index in [1.165, 1.54) is 6.92 Å². The first-order chi connectivity index (χ1) is 8.76. The van der Waals surface area contributed by atoms with Crippen LogP contribution in [0.25, 0.3) is 0 Å². The van der Waals surface area contributed by atoms with E-state index in [2.05, 4.69) is 9.47 Å². The van der Waals surface area contributed by atoms with E-state index < -0.39 is 43.2 Å². The third kappa shape index (κ3) is 6.00. The Kier molecular flexibility index (Phi) is 7.58. The summed E-state index contributed by atoms with van der Waals surface area (Å²) in [7, 11) is 0. The van der Waals surface area contributed by atoms with Gasteiger partial charge in [-0.15, -0.1) is 0 Å². The zero-order valence-electron chi connectivity index (χ0n) is 10.6. The van der Waals surface area contributed by atoms with Crippen molar-refractivity contribution in [2.24, 2.45) is 5.92 Å². The maximum absolute atomic E-state index is 12.5. The quantitative estimate of drug-likeness (QED) is 0.370. The van der Waals surface area contributed by atoms with Gasteiger partial charge in [0.15, 0.2) is 5.78 Å². The van der Waals surface area contributed by atoms with E-state index in [-0.39, 0.29) is 13.0 Å². The van der Waals surface area contributed by atoms with E-state index in [4.69, 9.17) is 0 Å². The molecule has 0 saturated heterocycles. The van der Waals surface area contributed by atoms with Crippen molar-refractivity contribution in [2.75, 3.05) is 19.8 Å². The molecule has 0 bridgehead atoms. The van der Waals surface area contributed by atoms with Crippen LogP contribution < -0.4 is 0 Å². The van der Waals surface area contributed by atoms with E-state index in [0.29, 0.717) is 0 Å². The van der Waals surface area contributed by atoms with Gasteiger partial charge in [-0.3, -0.25) is 9.59 Å². The van der Waals surface area contributed by atoms with Crippen LogP contribution in [0.3, 0.4) is 0 Å². The molecule has 1 atom stereocenters. The summed E-state index contributed by atoms with van der Waals surface area (Å²) < 4.78 is 57.4. The van der Waals surface area contributed by atoms with Gasteiger partial charge in [-0.2, -0.15) is 8.78 Å². The summed E-state index contributed by atoms with van der Waals surface area (Å²) in [5, 5.41) is 0. The summed E-state index contributed by atoms with van der Waals surface area (Å²) in [5.41, 5.74) is 0. The maximum Gasteiger partial charge on any atom is 0.330 e. The van der Waals surface area contributed by atoms with Crippen LogP contribution >= 0.6 is 0 Å². The molecule has 0 fully saturated rings. The second kappa shape index (κ2) is 8.08. The summed E-state index contributed by atoms with van der Waals surface area (Å²) >= 11 is 0. The number of esters is 1. The normalized spacial score (nSPS) is 13.4. The highest BCUT2D eigenvalue weighted by Gasteiger charge is 2.41. The van der Waals surface area contributed by atoms with Gasteiger partial charge in [-0.1, -0.05) is 6.92 Å². The molecule has 0 amide bonds. The van der Waals surface area contributed by atoms with E-state index in [0.717, 1.165) is 0 Å². The van der Waals surface area contributed by atoms with Gasteiger partial charge in [-0.25, -0.2) is 8.78 Å². The maximum atomic E-state index is 12.5. The van der Waals surface area contributed by atoms with Crippen molar-refractivity contribution in [2.45, 2.75) is 32.6 Å². The number of hydrogen-bond donors (Lipinski definition) is 0. The number of Topliss-reactive ketones (excluding diaryl/α,β-unsaturated/α-hetero) is 1. The van der Waals surface area contributed by atoms with Gasteiger partial charge in [0, 0.05) is 0 Å². The molecule has 0 rings (SSSR count). The van der Waals surface area contributed by atoms with Gasteiger partial charge >= 0.3 is 18.3 Å². The fraction of sp³-hybridized carbons (Fsp3) is 0.818. The fourth-order valence-electron chi connectivity index (χ4n) is 1.22. The lowest BCUT2D eigenvalue weighted by Crippen LogP contribution is -2.35. The van der Waals surface area contributed by atoms with Gasteiger partial charge in [0.1, 0.15) is 19.1 Å². The van der Waals surface area contributed by atoms with Crippen molar-refractivity contribution in [1.82, 2.24) is 0 Å². The standard InChI is InChI=1S/C11H16F4O4/c1-3-7(9(17)19-4-2)8(16)5-18-6-11(14,15)10(12)13/h7,10H,3-6H2,1-2H3. The number of halogens is 4. The highest BCUT2D eigenvalue weighted by molar-refractivity contribution is 5.99. The largest absolute Gasteiger partial charge is 0.465 e. The lowest BCUT2D eigenvalue weighted by atomic mass is 10.0. The zero-order chi connectivity index (χ0) is 15.1. The first-order valence-electron chi connectivity index (χ1n) is 5.69. The van der Waals surface area contributed by atoms with Gasteiger partial charge in [0.05, 0.1) is 6.61 Å². The Bertz CT molecular complexity index is 307. The predicted octanol–water partition coefficient (Wildman–Crippen LogP) is 2.06. The second-order valence-electron chi connectivity index (χ2n) is 3.73. The topological polar surface area (TPSA) is 52.6 Å². The van der Waals surface area contributed by atoms with Gasteiger partial charge in [0.2, 0.25) is 0 Å². The Morgan fingerprint density at radius 1 is 1.21 bits per heavy atom. The van der Waals surface area contributed by atoms with E-state index in [9.17, 15) is 27.2 Å². The average Bonchev–Trinajstić information content (AvgIpc) is 2.29. The first kappa shape index (κ1) is 17.8. The van der Waals surface area contributed by atoms with Crippen molar-refractivity contribution < 1.29 is 36.6 Å². The van der Waals surface area contributed by atoms with Crippen LogP contribution in [-0.2, 0) is 19.1 Å². The summed E-state index contributed by atoms with van der Waals surface area (Å²) in [6.07, 6.45) is -3.75. The average molecular weight is 288 g/mol. The molecular weight excluding hydrogens is 272 g/mol. The molecule has 0 aliphatic rings. The highest BCUT2D eigenvalue weighted by Crippen LogP contribution is 2.22. The minimum atomic E-state index is -4.31. The summed E-state index contributed by atoms with van der Waals surface area (Å²) in [4.78, 5) is 22.8. The molecule has 19 heavy (non-hydrogen) atoms. The first-order valence-corrected chi connectivity index (χ1v) is 5.69. The Morgan fingerprint density at radius 2 is 1.79 bits per heavy atom. The fourth-order valence-corrected chi connectivity index (χ4v) is 1.22. The lowest BCUT2D eigenvalue weighted by molar-refractivity contribution is -0.170. The summed E-state index contributed by atoms with van der Waals surface area (Å²) in [6.45, 7) is 0.754. The third-order valence-corrected chi connectivity index (χ3v) is 2.23. The molecule has 0 spiro atoms. The van der Waals surface area contributed by atoms with E-state index in [1.54, 1.807) is 6.92 Å². The van der Waals surface area contributed by atoms with Crippen molar-refractivity contribution in [3.8, 4) is 0 Å². The second-order valence-corrected chi connectivity index (χ2v) is 3.73. The minimum absolute atomic E-state index is 0.0763. The number of ether oxygens (including phenoxy) is 2. The van der Waals surface area contributed by atoms with Crippen molar-refractivity contribution in [3.05, 3.63) is 0 Å². The third-order valence-electron chi connectivity index (χ3n) is 2.23. The molecule has 0 N–H and O–H groups in total. The number of hydrogen-bond acceptors (Lipinski definition) is 4. The Labute approximate surface area is 108 Å². The lowest BCUT2D eigenvalue weighted by Gasteiger charge is -2.16. The van der Waals surface area contributed by atoms with E-state index in [1.807, 2.05) is 0 Å². The highest BCUT2D eigenvalue weighted by atomic mass is 19.3. The van der Waals surface area contributed by atoms with Gasteiger partial charge < -0.3 is 9.47 Å². The number of rotatable bonds is 9. The molecule has 1 unspecified atom stereocenters. The molecule has 0 saturated carbocycles. The van der Waals surface area contributed by atoms with Gasteiger partial charge in [-0.05, 0) is 13.3 Å². The SMILES string of the molecule is CCOC(=O)C(CC)C(=O)COCC(F)(F)C(F)F. The molecule has 0 radical (unpaired) electrons. The van der Waals surface area contributed by atoms with Crippen LogP contribution in [0.1, 0.15) is 20.3 Å². The summed E-state index contributed by atoms with van der Waals surface area (Å²) in [6, 6.07) is 0. The minimum Gasteiger partial charge on any atom is -0.465 e. The Morgan fingerprint density at radius 3 is 2.21 bits per heavy atom. The number of ketones is 1. The van der Waals surface area contributed by atoms with Crippen LogP contribution in [0.15, 0.2) is 0 Å². The van der Waals surface area contributed by atoms with Crippen LogP contribution in [0.4, 0.5) is 17.6 Å². The van der Waals surface area contributed by atoms with Crippen LogP contribution in [0, 0.1) is 5.92 Å². The van der Waals surface area contributed by atoms with Gasteiger partial charge in [0.25, 0.3) is 0 Å². The molecule has 0 aromatic rings. The van der Waals surface area contributed by atoms with E-state index >= 15 is 0 Å². The Balaban J connectivity index is 4.26. The van der Waals surface area contributed by atoms with Crippen molar-refractivity contribution in [1.29, 1.82) is 0 Å².